The van der Waals surface area contributed by atoms with Crippen molar-refractivity contribution in [3.63, 3.8) is 0 Å². The third kappa shape index (κ3) is 5.68. The maximum Gasteiger partial charge on any atom is 0.307 e. The standard InChI is InChI=1S/C20H29NO4S/c1-14(2)26(24,25)21-13-15(3)17-8-10-19(11-9-17)18-6-4-16(5-7-18)12-20(22)23/h4-7,10,14-15,17,21H,8-9,11-13H2,1-3H3,(H,22,23). The number of rotatable bonds is 8. The Hall–Kier alpha value is -1.66. The molecule has 0 fully saturated rings. The molecule has 5 nitrogen and oxygen atoms in total. The molecule has 0 saturated carbocycles. The van der Waals surface area contributed by atoms with Crippen LogP contribution in [0.15, 0.2) is 30.3 Å². The third-order valence-corrected chi connectivity index (χ3v) is 6.97. The highest BCUT2D eigenvalue weighted by Crippen LogP contribution is 2.34. The normalized spacial score (nSPS) is 19.2. The molecule has 0 aliphatic heterocycles. The van der Waals surface area contributed by atoms with Crippen molar-refractivity contribution in [1.82, 2.24) is 4.72 Å². The number of hydrogen-bond acceptors (Lipinski definition) is 3. The van der Waals surface area contributed by atoms with Crippen LogP contribution >= 0.6 is 0 Å². The number of allylic oxidation sites excluding steroid dienone is 2. The average molecular weight is 380 g/mol. The molecule has 2 N–H and O–H groups in total. The minimum Gasteiger partial charge on any atom is -0.481 e. The summed E-state index contributed by atoms with van der Waals surface area (Å²) in [5.41, 5.74) is 3.24. The van der Waals surface area contributed by atoms with E-state index in [-0.39, 0.29) is 6.42 Å². The van der Waals surface area contributed by atoms with E-state index in [0.29, 0.717) is 18.4 Å². The highest BCUT2D eigenvalue weighted by Gasteiger charge is 2.23. The summed E-state index contributed by atoms with van der Waals surface area (Å²) in [5.74, 6) is -0.0567. The van der Waals surface area contributed by atoms with Gasteiger partial charge in [0.15, 0.2) is 0 Å². The van der Waals surface area contributed by atoms with Crippen LogP contribution in [0.1, 0.15) is 51.2 Å². The summed E-state index contributed by atoms with van der Waals surface area (Å²) in [7, 11) is -3.21. The highest BCUT2D eigenvalue weighted by molar-refractivity contribution is 7.90. The molecule has 26 heavy (non-hydrogen) atoms. The number of nitrogens with one attached hydrogen (secondary N) is 1. The van der Waals surface area contributed by atoms with Crippen LogP contribution in [0.25, 0.3) is 5.57 Å². The van der Waals surface area contributed by atoms with E-state index in [2.05, 4.69) is 17.7 Å². The molecule has 0 radical (unpaired) electrons. The van der Waals surface area contributed by atoms with Crippen molar-refractivity contribution in [1.29, 1.82) is 0 Å². The summed E-state index contributed by atoms with van der Waals surface area (Å²) in [6, 6.07) is 7.73. The molecular weight excluding hydrogens is 350 g/mol. The molecule has 1 aliphatic rings. The van der Waals surface area contributed by atoms with Gasteiger partial charge in [0.2, 0.25) is 10.0 Å². The van der Waals surface area contributed by atoms with E-state index >= 15 is 0 Å². The van der Waals surface area contributed by atoms with Crippen molar-refractivity contribution in [2.45, 2.75) is 51.7 Å². The first-order chi connectivity index (χ1) is 12.2. The van der Waals surface area contributed by atoms with E-state index in [4.69, 9.17) is 5.11 Å². The zero-order chi connectivity index (χ0) is 19.3. The molecule has 0 aromatic heterocycles. The number of carboxylic acid groups (broad SMARTS) is 1. The van der Waals surface area contributed by atoms with Crippen LogP contribution in [-0.2, 0) is 21.2 Å². The molecule has 0 spiro atoms. The van der Waals surface area contributed by atoms with Crippen LogP contribution in [0, 0.1) is 11.8 Å². The number of sulfonamides is 1. The highest BCUT2D eigenvalue weighted by atomic mass is 32.2. The molecule has 2 atom stereocenters. The predicted molar refractivity (Wildman–Crippen MR) is 104 cm³/mol. The van der Waals surface area contributed by atoms with Crippen LogP contribution in [0.4, 0.5) is 0 Å². The maximum atomic E-state index is 11.9. The lowest BCUT2D eigenvalue weighted by atomic mass is 9.80. The van der Waals surface area contributed by atoms with Crippen LogP contribution in [0.2, 0.25) is 0 Å². The lowest BCUT2D eigenvalue weighted by Crippen LogP contribution is -2.36. The van der Waals surface area contributed by atoms with Gasteiger partial charge in [-0.3, -0.25) is 4.79 Å². The van der Waals surface area contributed by atoms with Gasteiger partial charge in [0.1, 0.15) is 0 Å². The van der Waals surface area contributed by atoms with Gasteiger partial charge < -0.3 is 5.11 Å². The lowest BCUT2D eigenvalue weighted by Gasteiger charge is -2.28. The van der Waals surface area contributed by atoms with Crippen molar-refractivity contribution < 1.29 is 18.3 Å². The SMILES string of the molecule is CC(CNS(=O)(=O)C(C)C)C1CC=C(c2ccc(CC(=O)O)cc2)CC1. The molecule has 0 heterocycles. The van der Waals surface area contributed by atoms with Gasteiger partial charge in [-0.1, -0.05) is 37.3 Å². The Morgan fingerprint density at radius 1 is 1.23 bits per heavy atom. The van der Waals surface area contributed by atoms with Gasteiger partial charge in [0, 0.05) is 6.54 Å². The number of hydrogen-bond donors (Lipinski definition) is 2. The van der Waals surface area contributed by atoms with E-state index in [1.807, 2.05) is 24.3 Å². The second-order valence-corrected chi connectivity index (χ2v) is 9.77. The molecule has 6 heteroatoms. The van der Waals surface area contributed by atoms with Crippen LogP contribution in [-0.4, -0.2) is 31.3 Å². The number of aliphatic carboxylic acids is 1. The van der Waals surface area contributed by atoms with Crippen molar-refractivity contribution >= 4 is 21.6 Å². The van der Waals surface area contributed by atoms with Gasteiger partial charge in [-0.25, -0.2) is 13.1 Å². The van der Waals surface area contributed by atoms with Gasteiger partial charge in [-0.2, -0.15) is 0 Å². The maximum absolute atomic E-state index is 11.9. The van der Waals surface area contributed by atoms with Crippen LogP contribution in [0.5, 0.6) is 0 Å². The predicted octanol–water partition coefficient (Wildman–Crippen LogP) is 3.46. The first kappa shape index (κ1) is 20.6. The van der Waals surface area contributed by atoms with E-state index in [9.17, 15) is 13.2 Å². The first-order valence-electron chi connectivity index (χ1n) is 9.17. The van der Waals surface area contributed by atoms with Crippen molar-refractivity contribution in [2.75, 3.05) is 6.54 Å². The second kappa shape index (κ2) is 8.82. The Morgan fingerprint density at radius 3 is 2.38 bits per heavy atom. The van der Waals surface area contributed by atoms with Gasteiger partial charge in [-0.15, -0.1) is 0 Å². The number of carbonyl (C=O) groups is 1. The van der Waals surface area contributed by atoms with E-state index in [0.717, 1.165) is 30.4 Å². The quantitative estimate of drug-likeness (QED) is 0.724. The average Bonchev–Trinajstić information content (AvgIpc) is 2.60. The molecule has 2 rings (SSSR count). The van der Waals surface area contributed by atoms with Crippen molar-refractivity contribution in [3.8, 4) is 0 Å². The van der Waals surface area contributed by atoms with Crippen LogP contribution < -0.4 is 4.72 Å². The summed E-state index contributed by atoms with van der Waals surface area (Å²) in [6.07, 6.45) is 5.23. The minimum atomic E-state index is -3.21. The summed E-state index contributed by atoms with van der Waals surface area (Å²) in [4.78, 5) is 10.8. The molecule has 0 amide bonds. The zero-order valence-electron chi connectivity index (χ0n) is 15.7. The van der Waals surface area contributed by atoms with E-state index < -0.39 is 21.2 Å². The molecule has 2 unspecified atom stereocenters. The monoisotopic (exact) mass is 379 g/mol. The number of carboxylic acids is 1. The molecule has 144 valence electrons. The molecule has 1 aromatic carbocycles. The van der Waals surface area contributed by atoms with Gasteiger partial charge in [-0.05, 0) is 61.6 Å². The van der Waals surface area contributed by atoms with Gasteiger partial charge >= 0.3 is 5.97 Å². The Balaban J connectivity index is 1.92. The van der Waals surface area contributed by atoms with E-state index in [1.165, 1.54) is 5.57 Å². The Bertz CT molecular complexity index is 751. The summed E-state index contributed by atoms with van der Waals surface area (Å²) >= 11 is 0. The molecule has 0 saturated heterocycles. The third-order valence-electron chi connectivity index (χ3n) is 5.16. The molecular formula is C20H29NO4S. The Morgan fingerprint density at radius 2 is 1.88 bits per heavy atom. The van der Waals surface area contributed by atoms with Crippen molar-refractivity contribution in [3.05, 3.63) is 41.5 Å². The lowest BCUT2D eigenvalue weighted by molar-refractivity contribution is -0.136. The second-order valence-electron chi connectivity index (χ2n) is 7.45. The smallest absolute Gasteiger partial charge is 0.307 e. The zero-order valence-corrected chi connectivity index (χ0v) is 16.6. The summed E-state index contributed by atoms with van der Waals surface area (Å²) < 4.78 is 26.5. The fourth-order valence-corrected chi connectivity index (χ4v) is 4.05. The molecule has 1 aliphatic carbocycles. The van der Waals surface area contributed by atoms with Crippen molar-refractivity contribution in [2.24, 2.45) is 11.8 Å². The largest absolute Gasteiger partial charge is 0.481 e. The molecule has 0 bridgehead atoms. The Kier molecular flexibility index (Phi) is 7.01. The van der Waals surface area contributed by atoms with E-state index in [1.54, 1.807) is 13.8 Å². The van der Waals surface area contributed by atoms with Gasteiger partial charge in [0.25, 0.3) is 0 Å². The fourth-order valence-electron chi connectivity index (χ4n) is 3.23. The van der Waals surface area contributed by atoms with Gasteiger partial charge in [0.05, 0.1) is 11.7 Å². The fraction of sp³-hybridized carbons (Fsp3) is 0.550. The minimum absolute atomic E-state index is 0.0468. The molecule has 1 aromatic rings. The van der Waals surface area contributed by atoms with Crippen LogP contribution in [0.3, 0.4) is 0 Å². The number of benzene rings is 1. The first-order valence-corrected chi connectivity index (χ1v) is 10.7. The summed E-state index contributed by atoms with van der Waals surface area (Å²) in [5, 5.41) is 8.43. The summed E-state index contributed by atoms with van der Waals surface area (Å²) in [6.45, 7) is 5.96. The Labute approximate surface area is 156 Å². The topological polar surface area (TPSA) is 83.5 Å².